The van der Waals surface area contributed by atoms with Crippen LogP contribution in [0.5, 0.6) is 0 Å². The maximum atomic E-state index is 2.43. The number of fused-ring (bicyclic) bond motifs is 1. The summed E-state index contributed by atoms with van der Waals surface area (Å²) in [5.41, 5.74) is 14.1. The van der Waals surface area contributed by atoms with Gasteiger partial charge in [0.1, 0.15) is 0 Å². The SMILES string of the molecule is c1ccc(-c2cccc(-c3ccccc3)c2Cc2cc(N(c3ccccc3)c3ccccc3)cc(N(c3ccccc3)c3csc4ccccc34)c2)cc1. The van der Waals surface area contributed by atoms with E-state index >= 15 is 0 Å². The summed E-state index contributed by atoms with van der Waals surface area (Å²) in [6.07, 6.45) is 0.737. The number of hydrogen-bond donors (Lipinski definition) is 0. The molecular weight excluding hydrogens is 673 g/mol. The fourth-order valence-corrected chi connectivity index (χ4v) is 8.44. The Kier molecular flexibility index (Phi) is 9.29. The van der Waals surface area contributed by atoms with Crippen LogP contribution in [0.1, 0.15) is 11.1 Å². The van der Waals surface area contributed by atoms with Crippen LogP contribution in [0.2, 0.25) is 0 Å². The largest absolute Gasteiger partial charge is 0.310 e. The van der Waals surface area contributed by atoms with Crippen LogP contribution in [-0.2, 0) is 6.42 Å². The zero-order valence-corrected chi connectivity index (χ0v) is 30.6. The van der Waals surface area contributed by atoms with Crippen molar-refractivity contribution in [2.45, 2.75) is 6.42 Å². The van der Waals surface area contributed by atoms with E-state index in [1.54, 1.807) is 11.3 Å². The summed E-state index contributed by atoms with van der Waals surface area (Å²) in [4.78, 5) is 4.81. The first-order chi connectivity index (χ1) is 26.8. The number of rotatable bonds is 10. The first kappa shape index (κ1) is 33.2. The van der Waals surface area contributed by atoms with Gasteiger partial charge in [0.15, 0.2) is 0 Å². The molecule has 1 heterocycles. The van der Waals surface area contributed by atoms with Gasteiger partial charge in [-0.3, -0.25) is 0 Å². The number of nitrogens with zero attached hydrogens (tertiary/aromatic N) is 2. The lowest BCUT2D eigenvalue weighted by atomic mass is 9.88. The number of hydrogen-bond acceptors (Lipinski definition) is 3. The molecule has 9 aromatic rings. The third-order valence-corrected chi connectivity index (χ3v) is 10.9. The fourth-order valence-electron chi connectivity index (χ4n) is 7.52. The minimum atomic E-state index is 0.737. The second-order valence-corrected chi connectivity index (χ2v) is 14.3. The van der Waals surface area contributed by atoms with E-state index in [-0.39, 0.29) is 0 Å². The smallest absolute Gasteiger partial charge is 0.0647 e. The van der Waals surface area contributed by atoms with E-state index in [9.17, 15) is 0 Å². The molecule has 0 bridgehead atoms. The van der Waals surface area contributed by atoms with Crippen molar-refractivity contribution in [3.63, 3.8) is 0 Å². The Morgan fingerprint density at radius 3 is 1.35 bits per heavy atom. The molecule has 258 valence electrons. The van der Waals surface area contributed by atoms with E-state index in [2.05, 4.69) is 228 Å². The third kappa shape index (κ3) is 6.69. The van der Waals surface area contributed by atoms with Crippen molar-refractivity contribution in [3.05, 3.63) is 229 Å². The molecule has 0 saturated carbocycles. The summed E-state index contributed by atoms with van der Waals surface area (Å²) < 4.78 is 1.27. The Balaban J connectivity index is 1.31. The predicted molar refractivity (Wildman–Crippen MR) is 231 cm³/mol. The van der Waals surface area contributed by atoms with Gasteiger partial charge in [-0.05, 0) is 100 Å². The highest BCUT2D eigenvalue weighted by molar-refractivity contribution is 7.17. The molecule has 0 aliphatic heterocycles. The van der Waals surface area contributed by atoms with Crippen molar-refractivity contribution >= 4 is 55.5 Å². The predicted octanol–water partition coefficient (Wildman–Crippen LogP) is 14.8. The standard InChI is InChI=1S/C51H38N2S/c1-6-19-39(20-7-1)46-30-18-31-47(40-21-8-2-9-22-40)49(46)35-38-33-44(52(41-23-10-3-11-24-41)42-25-12-4-13-26-42)36-45(34-38)53(43-27-14-5-15-28-43)50-37-54-51-32-17-16-29-48(50)51/h1-34,36-37H,35H2. The average Bonchev–Trinajstić information content (AvgIpc) is 3.66. The first-order valence-electron chi connectivity index (χ1n) is 18.4. The number of thiophene rings is 1. The van der Waals surface area contributed by atoms with Gasteiger partial charge in [0.2, 0.25) is 0 Å². The topological polar surface area (TPSA) is 6.48 Å². The van der Waals surface area contributed by atoms with Crippen molar-refractivity contribution in [1.29, 1.82) is 0 Å². The lowest BCUT2D eigenvalue weighted by Gasteiger charge is -2.30. The van der Waals surface area contributed by atoms with E-state index in [1.165, 1.54) is 49.2 Å². The Morgan fingerprint density at radius 1 is 0.370 bits per heavy atom. The van der Waals surface area contributed by atoms with Crippen molar-refractivity contribution in [3.8, 4) is 22.3 Å². The molecule has 0 aliphatic carbocycles. The molecule has 8 aromatic carbocycles. The van der Waals surface area contributed by atoms with E-state index in [0.29, 0.717) is 0 Å². The van der Waals surface area contributed by atoms with Gasteiger partial charge in [-0.1, -0.05) is 152 Å². The minimum absolute atomic E-state index is 0.737. The van der Waals surface area contributed by atoms with Crippen molar-refractivity contribution in [2.75, 3.05) is 9.80 Å². The maximum absolute atomic E-state index is 2.43. The summed E-state index contributed by atoms with van der Waals surface area (Å²) >= 11 is 1.79. The van der Waals surface area contributed by atoms with Gasteiger partial charge < -0.3 is 9.80 Å². The fraction of sp³-hybridized carbons (Fsp3) is 0.0196. The molecule has 0 aliphatic rings. The minimum Gasteiger partial charge on any atom is -0.310 e. The van der Waals surface area contributed by atoms with Gasteiger partial charge in [0, 0.05) is 43.9 Å². The van der Waals surface area contributed by atoms with E-state index in [4.69, 9.17) is 0 Å². The molecule has 54 heavy (non-hydrogen) atoms. The molecular formula is C51H38N2S. The molecule has 0 amide bonds. The molecule has 0 N–H and O–H groups in total. The second kappa shape index (κ2) is 15.1. The maximum Gasteiger partial charge on any atom is 0.0647 e. The van der Waals surface area contributed by atoms with Gasteiger partial charge in [-0.25, -0.2) is 0 Å². The zero-order chi connectivity index (χ0) is 36.1. The van der Waals surface area contributed by atoms with Crippen LogP contribution >= 0.6 is 11.3 Å². The van der Waals surface area contributed by atoms with E-state index < -0.39 is 0 Å². The van der Waals surface area contributed by atoms with Crippen LogP contribution in [0.4, 0.5) is 34.1 Å². The lowest BCUT2D eigenvalue weighted by molar-refractivity contribution is 1.17. The van der Waals surface area contributed by atoms with Crippen LogP contribution < -0.4 is 9.80 Å². The molecule has 3 heteroatoms. The molecule has 0 unspecified atom stereocenters. The number of benzene rings is 8. The number of para-hydroxylation sites is 3. The molecule has 0 radical (unpaired) electrons. The molecule has 0 atom stereocenters. The highest BCUT2D eigenvalue weighted by atomic mass is 32.1. The van der Waals surface area contributed by atoms with Crippen molar-refractivity contribution < 1.29 is 0 Å². The summed E-state index contributed by atoms with van der Waals surface area (Å²) in [6.45, 7) is 0. The molecule has 9 rings (SSSR count). The van der Waals surface area contributed by atoms with E-state index in [0.717, 1.165) is 34.9 Å². The molecule has 0 spiro atoms. The summed E-state index contributed by atoms with van der Waals surface area (Å²) in [5.74, 6) is 0. The monoisotopic (exact) mass is 710 g/mol. The first-order valence-corrected chi connectivity index (χ1v) is 19.3. The number of anilines is 6. The Bertz CT molecular complexity index is 2520. The summed E-state index contributed by atoms with van der Waals surface area (Å²) in [5, 5.41) is 3.54. The van der Waals surface area contributed by atoms with Gasteiger partial charge in [-0.2, -0.15) is 0 Å². The van der Waals surface area contributed by atoms with Crippen molar-refractivity contribution in [2.24, 2.45) is 0 Å². The Labute approximate surface area is 321 Å². The quantitative estimate of drug-likeness (QED) is 0.139. The highest BCUT2D eigenvalue weighted by Crippen LogP contribution is 2.45. The van der Waals surface area contributed by atoms with Gasteiger partial charge in [0.05, 0.1) is 5.69 Å². The summed E-state index contributed by atoms with van der Waals surface area (Å²) in [7, 11) is 0. The van der Waals surface area contributed by atoms with Gasteiger partial charge in [0.25, 0.3) is 0 Å². The highest BCUT2D eigenvalue weighted by Gasteiger charge is 2.22. The lowest BCUT2D eigenvalue weighted by Crippen LogP contribution is -2.14. The van der Waals surface area contributed by atoms with Crippen LogP contribution in [0.25, 0.3) is 32.3 Å². The third-order valence-electron chi connectivity index (χ3n) is 9.95. The average molecular weight is 711 g/mol. The molecule has 0 saturated heterocycles. The second-order valence-electron chi connectivity index (χ2n) is 13.4. The van der Waals surface area contributed by atoms with Crippen LogP contribution in [0, 0.1) is 0 Å². The van der Waals surface area contributed by atoms with Crippen LogP contribution in [0.15, 0.2) is 218 Å². The Morgan fingerprint density at radius 2 is 0.815 bits per heavy atom. The van der Waals surface area contributed by atoms with Crippen molar-refractivity contribution in [1.82, 2.24) is 0 Å². The normalized spacial score (nSPS) is 11.0. The molecule has 0 fully saturated rings. The van der Waals surface area contributed by atoms with Crippen LogP contribution in [-0.4, -0.2) is 0 Å². The van der Waals surface area contributed by atoms with Crippen LogP contribution in [0.3, 0.4) is 0 Å². The molecule has 2 nitrogen and oxygen atoms in total. The zero-order valence-electron chi connectivity index (χ0n) is 29.8. The van der Waals surface area contributed by atoms with Gasteiger partial charge in [-0.15, -0.1) is 11.3 Å². The summed E-state index contributed by atoms with van der Waals surface area (Å²) in [6, 6.07) is 76.4. The van der Waals surface area contributed by atoms with E-state index in [1.807, 2.05) is 0 Å². The Hall–Kier alpha value is -6.68. The molecule has 1 aromatic heterocycles. The van der Waals surface area contributed by atoms with Gasteiger partial charge >= 0.3 is 0 Å².